The molecule has 2 rings (SSSR count). The van der Waals surface area contributed by atoms with Crippen LogP contribution in [-0.4, -0.2) is 16.1 Å². The number of benzene rings is 1. The van der Waals surface area contributed by atoms with Crippen LogP contribution in [0.5, 0.6) is 0 Å². The molecule has 114 valence electrons. The topological polar surface area (TPSA) is 29.9 Å². The molecule has 1 N–H and O–H groups in total. The molecule has 0 atom stereocenters. The van der Waals surface area contributed by atoms with Gasteiger partial charge in [0.1, 0.15) is 5.82 Å². The molecule has 6 heteroatoms. The second-order valence-electron chi connectivity index (χ2n) is 4.86. The molecule has 0 radical (unpaired) electrons. The molecule has 0 amide bonds. The van der Waals surface area contributed by atoms with Crippen LogP contribution >= 0.6 is 0 Å². The third kappa shape index (κ3) is 3.85. The molecule has 0 aliphatic carbocycles. The molecular weight excluding hydrogens is 279 g/mol. The molecule has 1 aromatic carbocycles. The van der Waals surface area contributed by atoms with Crippen LogP contribution in [0.25, 0.3) is 0 Å². The summed E-state index contributed by atoms with van der Waals surface area (Å²) in [5.74, 6) is 0.792. The summed E-state index contributed by atoms with van der Waals surface area (Å²) in [5.41, 5.74) is 0.960. The van der Waals surface area contributed by atoms with E-state index in [-0.39, 0.29) is 0 Å². The Morgan fingerprint density at radius 1 is 1.29 bits per heavy atom. The minimum Gasteiger partial charge on any atom is -0.327 e. The highest BCUT2D eigenvalue weighted by molar-refractivity contribution is 5.26. The van der Waals surface area contributed by atoms with Gasteiger partial charge in [-0.2, -0.15) is 13.2 Å². The monoisotopic (exact) mass is 297 g/mol. The lowest BCUT2D eigenvalue weighted by Gasteiger charge is -2.13. The van der Waals surface area contributed by atoms with E-state index in [0.29, 0.717) is 18.7 Å². The number of aromatic nitrogens is 2. The molecule has 0 aliphatic rings. The number of nitrogens with zero attached hydrogens (tertiary/aromatic N) is 2. The van der Waals surface area contributed by atoms with Crippen molar-refractivity contribution in [2.75, 3.05) is 6.54 Å². The highest BCUT2D eigenvalue weighted by Crippen LogP contribution is 2.29. The third-order valence-electron chi connectivity index (χ3n) is 3.29. The summed E-state index contributed by atoms with van der Waals surface area (Å²) in [6.07, 6.45) is -2.56. The molecule has 1 heterocycles. The predicted octanol–water partition coefficient (Wildman–Crippen LogP) is 3.37. The van der Waals surface area contributed by atoms with Crippen molar-refractivity contribution in [3.8, 4) is 0 Å². The van der Waals surface area contributed by atoms with E-state index < -0.39 is 11.7 Å². The zero-order valence-electron chi connectivity index (χ0n) is 12.0. The van der Waals surface area contributed by atoms with E-state index in [1.54, 1.807) is 12.3 Å². The maximum Gasteiger partial charge on any atom is 0.416 e. The second-order valence-corrected chi connectivity index (χ2v) is 4.86. The number of halogens is 3. The van der Waals surface area contributed by atoms with Crippen molar-refractivity contribution in [3.63, 3.8) is 0 Å². The van der Waals surface area contributed by atoms with Gasteiger partial charge in [0.05, 0.1) is 11.3 Å². The first-order valence-corrected chi connectivity index (χ1v) is 6.79. The number of imidazole rings is 1. The van der Waals surface area contributed by atoms with Gasteiger partial charge in [-0.1, -0.05) is 19.1 Å². The Kier molecular flexibility index (Phi) is 4.67. The van der Waals surface area contributed by atoms with Gasteiger partial charge in [0.25, 0.3) is 0 Å². The lowest BCUT2D eigenvalue weighted by molar-refractivity contribution is -0.137. The Hall–Kier alpha value is -1.82. The highest BCUT2D eigenvalue weighted by atomic mass is 19.4. The molecule has 0 saturated heterocycles. The van der Waals surface area contributed by atoms with E-state index in [9.17, 15) is 13.2 Å². The fourth-order valence-corrected chi connectivity index (χ4v) is 2.15. The molecule has 1 aromatic heterocycles. The first kappa shape index (κ1) is 15.6. The Bertz CT molecular complexity index is 602. The molecule has 2 aromatic rings. The Balaban J connectivity index is 2.24. The normalized spacial score (nSPS) is 11.9. The fraction of sp³-hybridized carbons (Fsp3) is 0.400. The Morgan fingerprint density at radius 2 is 2.05 bits per heavy atom. The minimum atomic E-state index is -4.31. The molecule has 0 unspecified atom stereocenters. The summed E-state index contributed by atoms with van der Waals surface area (Å²) >= 11 is 0. The Morgan fingerprint density at radius 3 is 2.71 bits per heavy atom. The van der Waals surface area contributed by atoms with E-state index in [1.165, 1.54) is 12.1 Å². The lowest BCUT2D eigenvalue weighted by atomic mass is 10.1. The molecule has 0 fully saturated rings. The van der Waals surface area contributed by atoms with Gasteiger partial charge in [-0.15, -0.1) is 0 Å². The van der Waals surface area contributed by atoms with E-state index in [4.69, 9.17) is 0 Å². The van der Waals surface area contributed by atoms with Crippen molar-refractivity contribution < 1.29 is 13.2 Å². The molecule has 0 aliphatic heterocycles. The average molecular weight is 297 g/mol. The quantitative estimate of drug-likeness (QED) is 0.917. The average Bonchev–Trinajstić information content (AvgIpc) is 2.77. The molecule has 0 saturated carbocycles. The fourth-order valence-electron chi connectivity index (χ4n) is 2.15. The summed E-state index contributed by atoms with van der Waals surface area (Å²) in [5, 5.41) is 3.20. The number of rotatable bonds is 5. The van der Waals surface area contributed by atoms with Gasteiger partial charge in [-0.05, 0) is 31.2 Å². The van der Waals surface area contributed by atoms with Crippen molar-refractivity contribution in [3.05, 3.63) is 53.1 Å². The van der Waals surface area contributed by atoms with E-state index in [2.05, 4.69) is 10.3 Å². The molecular formula is C15H18F3N3. The largest absolute Gasteiger partial charge is 0.416 e. The summed E-state index contributed by atoms with van der Waals surface area (Å²) < 4.78 is 40.2. The van der Waals surface area contributed by atoms with E-state index in [0.717, 1.165) is 24.1 Å². The van der Waals surface area contributed by atoms with Crippen LogP contribution in [0.3, 0.4) is 0 Å². The van der Waals surface area contributed by atoms with Gasteiger partial charge < -0.3 is 9.88 Å². The third-order valence-corrected chi connectivity index (χ3v) is 3.29. The number of hydrogen-bond donors (Lipinski definition) is 1. The molecule has 0 bridgehead atoms. The minimum absolute atomic E-state index is 0.385. The van der Waals surface area contributed by atoms with Crippen LogP contribution in [0, 0.1) is 6.92 Å². The Labute approximate surface area is 121 Å². The standard InChI is InChI=1S/C15H18F3N3/c1-3-19-8-14-9-20-11(2)21(14)10-12-5-4-6-13(7-12)15(16,17)18/h4-7,9,19H,3,8,10H2,1-2H3. The van der Waals surface area contributed by atoms with Crippen LogP contribution in [-0.2, 0) is 19.3 Å². The predicted molar refractivity (Wildman–Crippen MR) is 74.9 cm³/mol. The zero-order valence-corrected chi connectivity index (χ0v) is 12.0. The van der Waals surface area contributed by atoms with Crippen molar-refractivity contribution in [1.29, 1.82) is 0 Å². The van der Waals surface area contributed by atoms with Crippen molar-refractivity contribution in [2.24, 2.45) is 0 Å². The van der Waals surface area contributed by atoms with Gasteiger partial charge >= 0.3 is 6.18 Å². The number of alkyl halides is 3. The van der Waals surface area contributed by atoms with Crippen molar-refractivity contribution in [1.82, 2.24) is 14.9 Å². The summed E-state index contributed by atoms with van der Waals surface area (Å²) in [4.78, 5) is 4.24. The van der Waals surface area contributed by atoms with E-state index in [1.807, 2.05) is 18.4 Å². The van der Waals surface area contributed by atoms with Crippen LogP contribution in [0.4, 0.5) is 13.2 Å². The molecule has 21 heavy (non-hydrogen) atoms. The van der Waals surface area contributed by atoms with Crippen molar-refractivity contribution in [2.45, 2.75) is 33.1 Å². The maximum atomic E-state index is 12.7. The summed E-state index contributed by atoms with van der Waals surface area (Å²) in [6.45, 7) is 5.71. The summed E-state index contributed by atoms with van der Waals surface area (Å²) in [7, 11) is 0. The van der Waals surface area contributed by atoms with Crippen molar-refractivity contribution >= 4 is 0 Å². The number of nitrogens with one attached hydrogen (secondary N) is 1. The van der Waals surface area contributed by atoms with E-state index >= 15 is 0 Å². The number of aryl methyl sites for hydroxylation is 1. The van der Waals surface area contributed by atoms with Gasteiger partial charge in [0.2, 0.25) is 0 Å². The van der Waals surface area contributed by atoms with Crippen LogP contribution in [0.2, 0.25) is 0 Å². The van der Waals surface area contributed by atoms with Gasteiger partial charge in [-0.25, -0.2) is 4.98 Å². The lowest BCUT2D eigenvalue weighted by Crippen LogP contribution is -2.16. The van der Waals surface area contributed by atoms with Gasteiger partial charge in [0.15, 0.2) is 0 Å². The zero-order chi connectivity index (χ0) is 15.5. The van der Waals surface area contributed by atoms with Crippen LogP contribution < -0.4 is 5.32 Å². The van der Waals surface area contributed by atoms with Gasteiger partial charge in [-0.3, -0.25) is 0 Å². The van der Waals surface area contributed by atoms with Crippen LogP contribution in [0.1, 0.15) is 29.6 Å². The highest BCUT2D eigenvalue weighted by Gasteiger charge is 2.30. The molecule has 3 nitrogen and oxygen atoms in total. The molecule has 0 spiro atoms. The van der Waals surface area contributed by atoms with Gasteiger partial charge in [0, 0.05) is 19.3 Å². The smallest absolute Gasteiger partial charge is 0.327 e. The SMILES string of the molecule is CCNCc1cnc(C)n1Cc1cccc(C(F)(F)F)c1. The first-order chi connectivity index (χ1) is 9.91. The maximum absolute atomic E-state index is 12.7. The summed E-state index contributed by atoms with van der Waals surface area (Å²) in [6, 6.07) is 5.42. The first-order valence-electron chi connectivity index (χ1n) is 6.79. The number of hydrogen-bond acceptors (Lipinski definition) is 2. The van der Waals surface area contributed by atoms with Crippen LogP contribution in [0.15, 0.2) is 30.5 Å². The second kappa shape index (κ2) is 6.30.